The van der Waals surface area contributed by atoms with Crippen LogP contribution in [0, 0.1) is 0 Å². The Bertz CT molecular complexity index is 833. The van der Waals surface area contributed by atoms with Gasteiger partial charge in [-0.2, -0.15) is 8.78 Å². The predicted octanol–water partition coefficient (Wildman–Crippen LogP) is 3.76. The number of hydrogen-bond donors (Lipinski definition) is 2. The van der Waals surface area contributed by atoms with Crippen LogP contribution in [0.15, 0.2) is 34.6 Å². The molecule has 1 saturated heterocycles. The number of hydrogen-bond acceptors (Lipinski definition) is 6. The summed E-state index contributed by atoms with van der Waals surface area (Å²) in [5, 5.41) is 9.82. The molecule has 2 aromatic rings. The standard InChI is InChI=1S/C20H28F2N6OS.HI/c1-23-19(24-11-15-13-30-20(26-15)27(2)3)25-14-5-4-10-28(12-14)16-6-8-17(9-7-16)29-18(21)22;/h6-9,13-14,18H,4-5,10-12H2,1-3H3,(H2,23,24,25);1H. The van der Waals surface area contributed by atoms with Gasteiger partial charge in [0, 0.05) is 51.3 Å². The monoisotopic (exact) mass is 566 g/mol. The van der Waals surface area contributed by atoms with Crippen molar-refractivity contribution >= 4 is 52.1 Å². The summed E-state index contributed by atoms with van der Waals surface area (Å²) in [6.45, 7) is -0.480. The highest BCUT2D eigenvalue weighted by atomic mass is 127. The van der Waals surface area contributed by atoms with Gasteiger partial charge in [-0.15, -0.1) is 35.3 Å². The number of aromatic nitrogens is 1. The maximum Gasteiger partial charge on any atom is 0.387 e. The van der Waals surface area contributed by atoms with Gasteiger partial charge in [-0.05, 0) is 37.1 Å². The Balaban J connectivity index is 0.00000341. The summed E-state index contributed by atoms with van der Waals surface area (Å²) < 4.78 is 29.1. The fraction of sp³-hybridized carbons (Fsp3) is 0.500. The molecule has 1 unspecified atom stereocenters. The summed E-state index contributed by atoms with van der Waals surface area (Å²) in [6.07, 6.45) is 2.06. The number of halogens is 3. The number of thiazole rings is 1. The van der Waals surface area contributed by atoms with E-state index in [-0.39, 0.29) is 35.8 Å². The third kappa shape index (κ3) is 7.63. The van der Waals surface area contributed by atoms with Crippen molar-refractivity contribution in [1.82, 2.24) is 15.6 Å². The number of nitrogens with zero attached hydrogens (tertiary/aromatic N) is 4. The molecule has 3 rings (SSSR count). The summed E-state index contributed by atoms with van der Waals surface area (Å²) >= 11 is 1.61. The normalized spacial score (nSPS) is 16.6. The predicted molar refractivity (Wildman–Crippen MR) is 133 cm³/mol. The molecule has 0 spiro atoms. The van der Waals surface area contributed by atoms with Gasteiger partial charge in [0.15, 0.2) is 11.1 Å². The highest BCUT2D eigenvalue weighted by Gasteiger charge is 2.21. The number of alkyl halides is 2. The Hall–Kier alpha value is -1.89. The molecule has 0 aliphatic carbocycles. The highest BCUT2D eigenvalue weighted by molar-refractivity contribution is 14.0. The number of ether oxygens (including phenoxy) is 1. The van der Waals surface area contributed by atoms with Crippen molar-refractivity contribution in [3.8, 4) is 5.75 Å². The first-order chi connectivity index (χ1) is 14.4. The largest absolute Gasteiger partial charge is 0.435 e. The fourth-order valence-electron chi connectivity index (χ4n) is 3.31. The molecule has 2 heterocycles. The molecule has 1 atom stereocenters. The number of guanidine groups is 1. The lowest BCUT2D eigenvalue weighted by Crippen LogP contribution is -2.51. The number of anilines is 2. The van der Waals surface area contributed by atoms with Crippen molar-refractivity contribution in [2.75, 3.05) is 44.0 Å². The lowest BCUT2D eigenvalue weighted by Gasteiger charge is -2.35. The molecule has 2 N–H and O–H groups in total. The Morgan fingerprint density at radius 1 is 1.35 bits per heavy atom. The SMILES string of the molecule is CN=C(NCc1csc(N(C)C)n1)NC1CCCN(c2ccc(OC(F)F)cc2)C1.I. The van der Waals surface area contributed by atoms with Crippen LogP contribution >= 0.6 is 35.3 Å². The number of piperidine rings is 1. The number of benzene rings is 1. The van der Waals surface area contributed by atoms with Crippen LogP contribution in [0.5, 0.6) is 5.75 Å². The molecular weight excluding hydrogens is 537 g/mol. The zero-order chi connectivity index (χ0) is 21.5. The maximum absolute atomic E-state index is 12.3. The van der Waals surface area contributed by atoms with E-state index in [0.29, 0.717) is 6.54 Å². The van der Waals surface area contributed by atoms with Crippen LogP contribution in [0.25, 0.3) is 0 Å². The molecule has 0 amide bonds. The van der Waals surface area contributed by atoms with Gasteiger partial charge in [-0.3, -0.25) is 4.99 Å². The topological polar surface area (TPSA) is 65.0 Å². The van der Waals surface area contributed by atoms with E-state index < -0.39 is 6.61 Å². The van der Waals surface area contributed by atoms with Crippen molar-refractivity contribution in [2.24, 2.45) is 4.99 Å². The summed E-state index contributed by atoms with van der Waals surface area (Å²) in [7, 11) is 5.71. The Morgan fingerprint density at radius 2 is 2.10 bits per heavy atom. The van der Waals surface area contributed by atoms with Crippen molar-refractivity contribution < 1.29 is 13.5 Å². The van der Waals surface area contributed by atoms with Gasteiger partial charge in [0.25, 0.3) is 0 Å². The van der Waals surface area contributed by atoms with Crippen molar-refractivity contribution in [3.63, 3.8) is 0 Å². The molecule has 1 fully saturated rings. The van der Waals surface area contributed by atoms with E-state index in [1.807, 2.05) is 36.5 Å². The minimum atomic E-state index is -2.81. The van der Waals surface area contributed by atoms with Gasteiger partial charge >= 0.3 is 6.61 Å². The molecular formula is C20H29F2IN6OS. The van der Waals surface area contributed by atoms with E-state index in [1.165, 1.54) is 0 Å². The molecule has 31 heavy (non-hydrogen) atoms. The third-order valence-corrected chi connectivity index (χ3v) is 5.83. The molecule has 0 saturated carbocycles. The van der Waals surface area contributed by atoms with Crippen molar-refractivity contribution in [3.05, 3.63) is 35.3 Å². The van der Waals surface area contributed by atoms with Gasteiger partial charge in [0.1, 0.15) is 5.75 Å². The van der Waals surface area contributed by atoms with Gasteiger partial charge in [-0.1, -0.05) is 0 Å². The fourth-order valence-corrected chi connectivity index (χ4v) is 4.07. The average molecular weight is 566 g/mol. The van der Waals surface area contributed by atoms with Crippen LogP contribution in [0.4, 0.5) is 19.6 Å². The van der Waals surface area contributed by atoms with E-state index in [9.17, 15) is 8.78 Å². The van der Waals surface area contributed by atoms with E-state index in [2.05, 4.69) is 30.2 Å². The van der Waals surface area contributed by atoms with Gasteiger partial charge in [0.05, 0.1) is 12.2 Å². The van der Waals surface area contributed by atoms with E-state index in [1.54, 1.807) is 30.5 Å². The van der Waals surface area contributed by atoms with E-state index in [4.69, 9.17) is 0 Å². The second-order valence-electron chi connectivity index (χ2n) is 7.24. The third-order valence-electron chi connectivity index (χ3n) is 4.77. The van der Waals surface area contributed by atoms with Crippen LogP contribution in [-0.4, -0.2) is 57.8 Å². The average Bonchev–Trinajstić information content (AvgIpc) is 3.21. The highest BCUT2D eigenvalue weighted by Crippen LogP contribution is 2.24. The summed E-state index contributed by atoms with van der Waals surface area (Å²) in [4.78, 5) is 13.1. The first-order valence-electron chi connectivity index (χ1n) is 9.83. The minimum Gasteiger partial charge on any atom is -0.435 e. The minimum absolute atomic E-state index is 0. The van der Waals surface area contributed by atoms with Gasteiger partial charge in [0.2, 0.25) is 0 Å². The molecule has 0 bridgehead atoms. The Labute approximate surface area is 202 Å². The molecule has 1 aliphatic rings. The summed E-state index contributed by atoms with van der Waals surface area (Å²) in [5.74, 6) is 0.909. The summed E-state index contributed by atoms with van der Waals surface area (Å²) in [5.41, 5.74) is 1.97. The van der Waals surface area contributed by atoms with E-state index in [0.717, 1.165) is 48.4 Å². The molecule has 1 aromatic carbocycles. The molecule has 0 radical (unpaired) electrons. The van der Waals surface area contributed by atoms with Crippen molar-refractivity contribution in [1.29, 1.82) is 0 Å². The van der Waals surface area contributed by atoms with Crippen LogP contribution in [0.3, 0.4) is 0 Å². The van der Waals surface area contributed by atoms with Gasteiger partial charge in [-0.25, -0.2) is 4.98 Å². The molecule has 11 heteroatoms. The zero-order valence-corrected chi connectivity index (χ0v) is 21.0. The summed E-state index contributed by atoms with van der Waals surface area (Å²) in [6, 6.07) is 7.02. The second kappa shape index (κ2) is 12.2. The van der Waals surface area contributed by atoms with Crippen LogP contribution in [0.2, 0.25) is 0 Å². The number of rotatable bonds is 7. The number of aliphatic imine (C=N–C) groups is 1. The molecule has 172 valence electrons. The first-order valence-corrected chi connectivity index (χ1v) is 10.7. The molecule has 1 aromatic heterocycles. The smallest absolute Gasteiger partial charge is 0.387 e. The van der Waals surface area contributed by atoms with E-state index >= 15 is 0 Å². The number of nitrogens with one attached hydrogen (secondary N) is 2. The Morgan fingerprint density at radius 3 is 2.71 bits per heavy atom. The molecule has 1 aliphatic heterocycles. The second-order valence-corrected chi connectivity index (χ2v) is 8.08. The zero-order valence-electron chi connectivity index (χ0n) is 17.8. The lowest BCUT2D eigenvalue weighted by atomic mass is 10.0. The lowest BCUT2D eigenvalue weighted by molar-refractivity contribution is -0.0498. The van der Waals surface area contributed by atoms with Crippen molar-refractivity contribution in [2.45, 2.75) is 32.0 Å². The maximum atomic E-state index is 12.3. The first kappa shape index (κ1) is 25.4. The quantitative estimate of drug-likeness (QED) is 0.303. The van der Waals surface area contributed by atoms with Crippen LogP contribution in [0.1, 0.15) is 18.5 Å². The molecule has 7 nitrogen and oxygen atoms in total. The van der Waals surface area contributed by atoms with Crippen LogP contribution in [-0.2, 0) is 6.54 Å². The van der Waals surface area contributed by atoms with Crippen LogP contribution < -0.4 is 25.2 Å². The Kier molecular flexibility index (Phi) is 10.0. The van der Waals surface area contributed by atoms with Gasteiger partial charge < -0.3 is 25.2 Å².